The van der Waals surface area contributed by atoms with Crippen molar-refractivity contribution in [1.82, 2.24) is 0 Å². The number of hydrogen-bond acceptors (Lipinski definition) is 1. The molecule has 1 aliphatic rings. The average Bonchev–Trinajstić information content (AvgIpc) is 2.31. The monoisotopic (exact) mass is 156 g/mol. The van der Waals surface area contributed by atoms with Gasteiger partial charge in [0.25, 0.3) is 0 Å². The fourth-order valence-electron chi connectivity index (χ4n) is 0.938. The maximum atomic E-state index is 12.7. The van der Waals surface area contributed by atoms with Gasteiger partial charge in [-0.05, 0) is 30.2 Å². The molecule has 0 radical (unpaired) electrons. The predicted octanol–water partition coefficient (Wildman–Crippen LogP) is 2.47. The minimum atomic E-state index is -0.597. The van der Waals surface area contributed by atoms with E-state index in [0.717, 1.165) is 4.90 Å². The van der Waals surface area contributed by atoms with Crippen LogP contribution in [0.1, 0.15) is 8.30 Å². The lowest BCUT2D eigenvalue weighted by Gasteiger charge is -1.94. The Bertz CT molecular complexity index is 316. The number of fused-ring (bicyclic) bond motifs is 1. The molecule has 0 spiro atoms. The molecule has 0 saturated heterocycles. The smallest absolute Gasteiger partial charge is 0.123 e. The molecule has 1 aliphatic heterocycles. The molecule has 2 atom stereocenters. The van der Waals surface area contributed by atoms with E-state index in [9.17, 15) is 4.39 Å². The number of halogens is 1. The third-order valence-corrected chi connectivity index (χ3v) is 2.31. The Hall–Kier alpha value is -0.500. The van der Waals surface area contributed by atoms with Crippen LogP contribution in [0, 0.1) is 5.82 Å². The summed E-state index contributed by atoms with van der Waals surface area (Å²) in [6, 6.07) is 4.37. The van der Waals surface area contributed by atoms with Crippen LogP contribution in [0.4, 0.5) is 4.39 Å². The lowest BCUT2D eigenvalue weighted by atomic mass is 10.2. The van der Waals surface area contributed by atoms with E-state index < -0.39 is 12.1 Å². The molecule has 1 aromatic rings. The minimum absolute atomic E-state index is 0.319. The van der Waals surface area contributed by atoms with Crippen molar-refractivity contribution in [2.75, 3.05) is 5.73 Å². The fraction of sp³-hybridized carbons (Fsp3) is 0.250. The molecule has 0 bridgehead atoms. The van der Waals surface area contributed by atoms with Crippen LogP contribution in [0.3, 0.4) is 0 Å². The van der Waals surface area contributed by atoms with Crippen molar-refractivity contribution in [2.24, 2.45) is 0 Å². The second-order valence-electron chi connectivity index (χ2n) is 2.10. The SMILES string of the molecule is [2H]C1Sc2ccc(F)cc2C1[2H]. The molecule has 2 rings (SSSR count). The Labute approximate surface area is 66.3 Å². The average molecular weight is 156 g/mol. The second kappa shape index (κ2) is 2.27. The van der Waals surface area contributed by atoms with Crippen LogP contribution in [-0.2, 0) is 6.40 Å². The first kappa shape index (κ1) is 4.39. The predicted molar refractivity (Wildman–Crippen MR) is 40.8 cm³/mol. The number of aryl methyl sites for hydroxylation is 1. The van der Waals surface area contributed by atoms with Crippen molar-refractivity contribution >= 4 is 11.8 Å². The van der Waals surface area contributed by atoms with Gasteiger partial charge in [0.1, 0.15) is 5.82 Å². The Balaban J connectivity index is 2.48. The summed E-state index contributed by atoms with van der Waals surface area (Å²) in [5, 5.41) is 0. The normalized spacial score (nSPS) is 32.9. The molecule has 10 heavy (non-hydrogen) atoms. The molecule has 0 fully saturated rings. The summed E-state index contributed by atoms with van der Waals surface area (Å²) in [5.74, 6) is -0.319. The summed E-state index contributed by atoms with van der Waals surface area (Å²) in [7, 11) is 0. The van der Waals surface area contributed by atoms with Gasteiger partial charge in [-0.15, -0.1) is 11.8 Å². The van der Waals surface area contributed by atoms with Crippen LogP contribution >= 0.6 is 11.8 Å². The molecule has 0 aromatic heterocycles. The lowest BCUT2D eigenvalue weighted by molar-refractivity contribution is 0.624. The summed E-state index contributed by atoms with van der Waals surface area (Å²) >= 11 is 1.32. The quantitative estimate of drug-likeness (QED) is 0.556. The van der Waals surface area contributed by atoms with Gasteiger partial charge in [0.05, 0.1) is 0 Å². The molecule has 2 unspecified atom stereocenters. The maximum Gasteiger partial charge on any atom is 0.123 e. The van der Waals surface area contributed by atoms with E-state index in [1.54, 1.807) is 6.07 Å². The van der Waals surface area contributed by atoms with Gasteiger partial charge in [0.15, 0.2) is 0 Å². The largest absolute Gasteiger partial charge is 0.207 e. The molecule has 1 aromatic carbocycles. The highest BCUT2D eigenvalue weighted by molar-refractivity contribution is 7.99. The van der Waals surface area contributed by atoms with Crippen LogP contribution in [0.2, 0.25) is 0 Å². The highest BCUT2D eigenvalue weighted by Gasteiger charge is 2.10. The van der Waals surface area contributed by atoms with Gasteiger partial charge in [-0.1, -0.05) is 0 Å². The Morgan fingerprint density at radius 3 is 3.40 bits per heavy atom. The fourth-order valence-corrected chi connectivity index (χ4v) is 1.71. The van der Waals surface area contributed by atoms with Gasteiger partial charge in [0, 0.05) is 13.4 Å². The van der Waals surface area contributed by atoms with Gasteiger partial charge in [-0.3, -0.25) is 0 Å². The van der Waals surface area contributed by atoms with Gasteiger partial charge in [0.2, 0.25) is 0 Å². The van der Waals surface area contributed by atoms with E-state index in [1.165, 1.54) is 23.9 Å². The van der Waals surface area contributed by atoms with Crippen LogP contribution in [0.5, 0.6) is 0 Å². The topological polar surface area (TPSA) is 0 Å². The van der Waals surface area contributed by atoms with Crippen molar-refractivity contribution in [3.8, 4) is 0 Å². The van der Waals surface area contributed by atoms with Crippen LogP contribution in [0.15, 0.2) is 23.1 Å². The van der Waals surface area contributed by atoms with Crippen molar-refractivity contribution in [3.05, 3.63) is 29.6 Å². The summed E-state index contributed by atoms with van der Waals surface area (Å²) in [6.07, 6.45) is -0.597. The third-order valence-electron chi connectivity index (χ3n) is 1.41. The van der Waals surface area contributed by atoms with Crippen LogP contribution in [-0.4, -0.2) is 5.73 Å². The van der Waals surface area contributed by atoms with E-state index >= 15 is 0 Å². The summed E-state index contributed by atoms with van der Waals surface area (Å²) in [5.41, 5.74) is 0.154. The van der Waals surface area contributed by atoms with Crippen molar-refractivity contribution in [2.45, 2.75) is 11.3 Å². The zero-order valence-corrected chi connectivity index (χ0v) is 5.99. The Kier molecular flexibility index (Phi) is 0.999. The Morgan fingerprint density at radius 1 is 1.60 bits per heavy atom. The van der Waals surface area contributed by atoms with E-state index in [2.05, 4.69) is 0 Å². The molecular formula is C8H7FS. The minimum Gasteiger partial charge on any atom is -0.207 e. The number of hydrogen-bond donors (Lipinski definition) is 0. The van der Waals surface area contributed by atoms with E-state index in [-0.39, 0.29) is 5.82 Å². The van der Waals surface area contributed by atoms with Gasteiger partial charge >= 0.3 is 0 Å². The van der Waals surface area contributed by atoms with Crippen LogP contribution < -0.4 is 0 Å². The van der Waals surface area contributed by atoms with Crippen molar-refractivity contribution in [1.29, 1.82) is 0 Å². The third kappa shape index (κ3) is 0.926. The standard InChI is InChI=1S/C8H7FS/c9-7-1-2-8-6(5-7)3-4-10-8/h1-2,5H,3-4H2/i3D,4D. The molecule has 0 saturated carbocycles. The summed E-state index contributed by atoms with van der Waals surface area (Å²) in [6.45, 7) is 0. The highest BCUT2D eigenvalue weighted by atomic mass is 32.2. The number of thioether (sulfide) groups is 1. The molecule has 1 heterocycles. The van der Waals surface area contributed by atoms with Crippen LogP contribution in [0.25, 0.3) is 0 Å². The number of benzene rings is 1. The van der Waals surface area contributed by atoms with E-state index in [4.69, 9.17) is 2.74 Å². The lowest BCUT2D eigenvalue weighted by Crippen LogP contribution is -1.81. The molecule has 0 N–H and O–H groups in total. The first-order valence-corrected chi connectivity index (χ1v) is 3.87. The molecule has 0 nitrogen and oxygen atoms in total. The first-order valence-electron chi connectivity index (χ1n) is 4.14. The molecule has 2 heteroatoms. The highest BCUT2D eigenvalue weighted by Crippen LogP contribution is 2.30. The van der Waals surface area contributed by atoms with Gasteiger partial charge in [-0.2, -0.15) is 0 Å². The Morgan fingerprint density at radius 2 is 2.50 bits per heavy atom. The molecule has 0 aliphatic carbocycles. The zero-order valence-electron chi connectivity index (χ0n) is 7.17. The van der Waals surface area contributed by atoms with E-state index in [0.29, 0.717) is 5.56 Å². The molecule has 52 valence electrons. The van der Waals surface area contributed by atoms with Crippen molar-refractivity contribution in [3.63, 3.8) is 0 Å². The molecular weight excluding hydrogens is 147 g/mol. The second-order valence-corrected chi connectivity index (χ2v) is 3.05. The maximum absolute atomic E-state index is 12.7. The van der Waals surface area contributed by atoms with Gasteiger partial charge in [-0.25, -0.2) is 4.39 Å². The van der Waals surface area contributed by atoms with E-state index in [1.807, 2.05) is 0 Å². The number of rotatable bonds is 0. The summed E-state index contributed by atoms with van der Waals surface area (Å²) in [4.78, 5) is 0.872. The van der Waals surface area contributed by atoms with Gasteiger partial charge < -0.3 is 0 Å². The van der Waals surface area contributed by atoms with Crippen molar-refractivity contribution < 1.29 is 7.13 Å². The first-order chi connectivity index (χ1) is 5.68. The summed E-state index contributed by atoms with van der Waals surface area (Å²) < 4.78 is 27.7. The zero-order chi connectivity index (χ0) is 8.72. The molecule has 0 amide bonds.